The third kappa shape index (κ3) is 1.32. The fraction of sp³-hybridized carbons (Fsp3) is 0.100. The van der Waals surface area contributed by atoms with Gasteiger partial charge in [-0.1, -0.05) is 22.0 Å². The monoisotopic (exact) mass is 253 g/mol. The van der Waals surface area contributed by atoms with Gasteiger partial charge in [-0.05, 0) is 19.1 Å². The third-order valence-corrected chi connectivity index (χ3v) is 2.70. The van der Waals surface area contributed by atoms with E-state index in [-0.39, 0.29) is 5.75 Å². The lowest BCUT2D eigenvalue weighted by Gasteiger charge is -2.03. The number of nitrogens with one attached hydrogen (secondary N) is 1. The number of hydrogen-bond acceptors (Lipinski definition) is 2. The molecule has 2 N–H and O–H groups in total. The standard InChI is InChI=1S/C10H8BrNO2/c1-5-7-3-2-6(11)4-8(7)12-10(14)9(5)13/h2-4,13H,1H3,(H,12,14). The van der Waals surface area contributed by atoms with Crippen molar-refractivity contribution in [3.63, 3.8) is 0 Å². The SMILES string of the molecule is Cc1c(O)c(=O)[nH]c2cc(Br)ccc12. The fourth-order valence-corrected chi connectivity index (χ4v) is 1.79. The number of hydrogen-bond donors (Lipinski definition) is 2. The summed E-state index contributed by atoms with van der Waals surface area (Å²) in [4.78, 5) is 13.8. The van der Waals surface area contributed by atoms with Crippen LogP contribution in [0.4, 0.5) is 0 Å². The summed E-state index contributed by atoms with van der Waals surface area (Å²) in [5, 5.41) is 10.3. The van der Waals surface area contributed by atoms with Crippen molar-refractivity contribution in [2.75, 3.05) is 0 Å². The van der Waals surface area contributed by atoms with Crippen LogP contribution in [0.2, 0.25) is 0 Å². The number of rotatable bonds is 0. The van der Waals surface area contributed by atoms with E-state index in [4.69, 9.17) is 0 Å². The number of aryl methyl sites for hydroxylation is 1. The van der Waals surface area contributed by atoms with Gasteiger partial charge in [0.2, 0.25) is 0 Å². The van der Waals surface area contributed by atoms with Crippen molar-refractivity contribution in [3.8, 4) is 5.75 Å². The van der Waals surface area contributed by atoms with Crippen molar-refractivity contribution in [1.29, 1.82) is 0 Å². The number of aromatic hydroxyl groups is 1. The quantitative estimate of drug-likeness (QED) is 0.757. The van der Waals surface area contributed by atoms with Crippen LogP contribution in [0.1, 0.15) is 5.56 Å². The Hall–Kier alpha value is -1.29. The average molecular weight is 254 g/mol. The minimum atomic E-state index is -0.451. The Kier molecular flexibility index (Phi) is 2.07. The molecule has 0 saturated heterocycles. The van der Waals surface area contributed by atoms with Crippen LogP contribution >= 0.6 is 15.9 Å². The predicted molar refractivity (Wildman–Crippen MR) is 58.7 cm³/mol. The second-order valence-corrected chi connectivity index (χ2v) is 4.03. The number of aromatic amines is 1. The summed E-state index contributed by atoms with van der Waals surface area (Å²) in [6.07, 6.45) is 0. The topological polar surface area (TPSA) is 53.1 Å². The summed E-state index contributed by atoms with van der Waals surface area (Å²) in [7, 11) is 0. The van der Waals surface area contributed by atoms with Crippen LogP contribution in [0.15, 0.2) is 27.5 Å². The number of fused-ring (bicyclic) bond motifs is 1. The normalized spacial score (nSPS) is 10.7. The Balaban J connectivity index is 2.98. The lowest BCUT2D eigenvalue weighted by atomic mass is 10.1. The third-order valence-electron chi connectivity index (χ3n) is 2.20. The van der Waals surface area contributed by atoms with E-state index < -0.39 is 5.56 Å². The van der Waals surface area contributed by atoms with Gasteiger partial charge in [0, 0.05) is 20.9 Å². The number of pyridine rings is 1. The number of aromatic nitrogens is 1. The molecule has 0 atom stereocenters. The molecule has 14 heavy (non-hydrogen) atoms. The summed E-state index contributed by atoms with van der Waals surface area (Å²) in [5.74, 6) is -0.208. The number of benzene rings is 1. The maximum absolute atomic E-state index is 11.2. The van der Waals surface area contributed by atoms with E-state index in [0.717, 1.165) is 15.4 Å². The van der Waals surface area contributed by atoms with Gasteiger partial charge in [-0.15, -0.1) is 0 Å². The molecule has 0 bridgehead atoms. The number of H-pyrrole nitrogens is 1. The summed E-state index contributed by atoms with van der Waals surface area (Å²) >= 11 is 3.32. The largest absolute Gasteiger partial charge is 0.503 e. The molecule has 3 nitrogen and oxygen atoms in total. The van der Waals surface area contributed by atoms with Crippen molar-refractivity contribution < 1.29 is 5.11 Å². The van der Waals surface area contributed by atoms with Crippen LogP contribution in [0.3, 0.4) is 0 Å². The van der Waals surface area contributed by atoms with Gasteiger partial charge < -0.3 is 10.1 Å². The van der Waals surface area contributed by atoms with E-state index in [1.165, 1.54) is 0 Å². The van der Waals surface area contributed by atoms with E-state index in [2.05, 4.69) is 20.9 Å². The lowest BCUT2D eigenvalue weighted by Crippen LogP contribution is -2.06. The van der Waals surface area contributed by atoms with E-state index in [9.17, 15) is 9.90 Å². The molecule has 0 unspecified atom stereocenters. The van der Waals surface area contributed by atoms with Crippen LogP contribution in [0.25, 0.3) is 10.9 Å². The molecule has 4 heteroatoms. The molecule has 1 aromatic carbocycles. The fourth-order valence-electron chi connectivity index (χ4n) is 1.43. The van der Waals surface area contributed by atoms with Crippen LogP contribution < -0.4 is 5.56 Å². The highest BCUT2D eigenvalue weighted by Gasteiger charge is 2.06. The van der Waals surface area contributed by atoms with Crippen LogP contribution in [-0.4, -0.2) is 10.1 Å². The second-order valence-electron chi connectivity index (χ2n) is 3.12. The molecule has 2 rings (SSSR count). The highest BCUT2D eigenvalue weighted by molar-refractivity contribution is 9.10. The van der Waals surface area contributed by atoms with Crippen LogP contribution in [-0.2, 0) is 0 Å². The van der Waals surface area contributed by atoms with Gasteiger partial charge in [-0.3, -0.25) is 4.79 Å². The second kappa shape index (κ2) is 3.13. The molecular formula is C10H8BrNO2. The zero-order valence-electron chi connectivity index (χ0n) is 7.47. The Bertz CT molecular complexity index is 560. The summed E-state index contributed by atoms with van der Waals surface area (Å²) in [5.41, 5.74) is 0.879. The predicted octanol–water partition coefficient (Wildman–Crippen LogP) is 2.30. The molecular weight excluding hydrogens is 246 g/mol. The van der Waals surface area contributed by atoms with Crippen LogP contribution in [0.5, 0.6) is 5.75 Å². The molecule has 1 heterocycles. The van der Waals surface area contributed by atoms with Gasteiger partial charge in [0.25, 0.3) is 5.56 Å². The van der Waals surface area contributed by atoms with E-state index in [0.29, 0.717) is 5.56 Å². The molecule has 0 amide bonds. The summed E-state index contributed by atoms with van der Waals surface area (Å²) in [6.45, 7) is 1.72. The van der Waals surface area contributed by atoms with Gasteiger partial charge in [0.15, 0.2) is 5.75 Å². The average Bonchev–Trinajstić information content (AvgIpc) is 2.14. The first-order valence-corrected chi connectivity index (χ1v) is 4.90. The zero-order chi connectivity index (χ0) is 10.3. The highest BCUT2D eigenvalue weighted by atomic mass is 79.9. The Morgan fingerprint density at radius 1 is 1.43 bits per heavy atom. The number of halogens is 1. The molecule has 0 radical (unpaired) electrons. The highest BCUT2D eigenvalue weighted by Crippen LogP contribution is 2.23. The summed E-state index contributed by atoms with van der Waals surface area (Å²) in [6, 6.07) is 5.53. The maximum atomic E-state index is 11.2. The van der Waals surface area contributed by atoms with Gasteiger partial charge in [0.1, 0.15) is 0 Å². The molecule has 2 aromatic rings. The maximum Gasteiger partial charge on any atom is 0.290 e. The first-order valence-electron chi connectivity index (χ1n) is 4.10. The van der Waals surface area contributed by atoms with Crippen molar-refractivity contribution in [2.24, 2.45) is 0 Å². The molecule has 0 aliphatic carbocycles. The Morgan fingerprint density at radius 2 is 2.14 bits per heavy atom. The minimum Gasteiger partial charge on any atom is -0.503 e. The van der Waals surface area contributed by atoms with E-state index in [1.807, 2.05) is 18.2 Å². The molecule has 0 saturated carbocycles. The summed E-state index contributed by atoms with van der Waals surface area (Å²) < 4.78 is 0.894. The van der Waals surface area contributed by atoms with Crippen molar-refractivity contribution in [1.82, 2.24) is 4.98 Å². The van der Waals surface area contributed by atoms with Gasteiger partial charge in [0.05, 0.1) is 0 Å². The zero-order valence-corrected chi connectivity index (χ0v) is 9.05. The molecule has 1 aromatic heterocycles. The van der Waals surface area contributed by atoms with Crippen molar-refractivity contribution >= 4 is 26.8 Å². The smallest absolute Gasteiger partial charge is 0.290 e. The van der Waals surface area contributed by atoms with Gasteiger partial charge in [-0.25, -0.2) is 0 Å². The van der Waals surface area contributed by atoms with Crippen LogP contribution in [0, 0.1) is 6.92 Å². The molecule has 0 aliphatic heterocycles. The first-order chi connectivity index (χ1) is 6.59. The first kappa shape index (κ1) is 9.27. The van der Waals surface area contributed by atoms with E-state index >= 15 is 0 Å². The van der Waals surface area contributed by atoms with Crippen molar-refractivity contribution in [3.05, 3.63) is 38.6 Å². The van der Waals surface area contributed by atoms with Crippen molar-refractivity contribution in [2.45, 2.75) is 6.92 Å². The van der Waals surface area contributed by atoms with Gasteiger partial charge in [-0.2, -0.15) is 0 Å². The molecule has 72 valence electrons. The lowest BCUT2D eigenvalue weighted by molar-refractivity contribution is 0.464. The Morgan fingerprint density at radius 3 is 2.86 bits per heavy atom. The van der Waals surface area contributed by atoms with E-state index in [1.54, 1.807) is 6.92 Å². The Labute approximate surface area is 88.5 Å². The molecule has 0 aliphatic rings. The molecule has 0 fully saturated rings. The molecule has 0 spiro atoms. The van der Waals surface area contributed by atoms with Gasteiger partial charge >= 0.3 is 0 Å². The minimum absolute atomic E-state index is 0.208.